The fourth-order valence-corrected chi connectivity index (χ4v) is 2.82. The lowest BCUT2D eigenvalue weighted by atomic mass is 10.2. The van der Waals surface area contributed by atoms with Crippen LogP contribution in [0.2, 0.25) is 0 Å². The summed E-state index contributed by atoms with van der Waals surface area (Å²) in [7, 11) is 2.98. The lowest BCUT2D eigenvalue weighted by Gasteiger charge is -2.18. The van der Waals surface area contributed by atoms with Gasteiger partial charge in [-0.05, 0) is 35.9 Å². The van der Waals surface area contributed by atoms with Crippen molar-refractivity contribution in [3.05, 3.63) is 54.1 Å². The van der Waals surface area contributed by atoms with Crippen LogP contribution in [-0.2, 0) is 19.1 Å². The average molecular weight is 440 g/mol. The first-order chi connectivity index (χ1) is 15.4. The number of esters is 1. The molecular weight excluding hydrogens is 416 g/mol. The summed E-state index contributed by atoms with van der Waals surface area (Å²) < 4.78 is 21.0. The van der Waals surface area contributed by atoms with Crippen LogP contribution in [-0.4, -0.2) is 63.2 Å². The molecule has 1 heterocycles. The molecule has 0 aliphatic carbocycles. The van der Waals surface area contributed by atoms with Gasteiger partial charge < -0.3 is 29.2 Å². The number of ether oxygens (including phenoxy) is 4. The minimum absolute atomic E-state index is 0.194. The summed E-state index contributed by atoms with van der Waals surface area (Å²) in [5.74, 6) is 0.285. The zero-order valence-electron chi connectivity index (χ0n) is 17.8. The van der Waals surface area contributed by atoms with E-state index in [1.54, 1.807) is 48.5 Å². The number of nitrogens with one attached hydrogen (secondary N) is 1. The average Bonchev–Trinajstić information content (AvgIpc) is 2.80. The summed E-state index contributed by atoms with van der Waals surface area (Å²) in [4.78, 5) is 37.4. The number of rotatable bonds is 8. The van der Waals surface area contributed by atoms with Crippen LogP contribution in [0.15, 0.2) is 48.5 Å². The van der Waals surface area contributed by atoms with Crippen LogP contribution in [0.3, 0.4) is 0 Å². The molecule has 32 heavy (non-hydrogen) atoms. The third-order valence-electron chi connectivity index (χ3n) is 4.48. The van der Waals surface area contributed by atoms with Crippen LogP contribution in [0.4, 0.5) is 5.69 Å². The lowest BCUT2D eigenvalue weighted by Crippen LogP contribution is -2.37. The number of benzene rings is 2. The first-order valence-corrected chi connectivity index (χ1v) is 9.87. The van der Waals surface area contributed by atoms with Crippen LogP contribution in [0, 0.1) is 0 Å². The van der Waals surface area contributed by atoms with Crippen molar-refractivity contribution in [3.63, 3.8) is 0 Å². The van der Waals surface area contributed by atoms with Crippen molar-refractivity contribution in [2.24, 2.45) is 0 Å². The van der Waals surface area contributed by atoms with Crippen LogP contribution >= 0.6 is 0 Å². The number of anilines is 1. The zero-order chi connectivity index (χ0) is 22.9. The Hall–Kier alpha value is -4.01. The van der Waals surface area contributed by atoms with Crippen LogP contribution in [0.5, 0.6) is 17.2 Å². The summed E-state index contributed by atoms with van der Waals surface area (Å²) in [6.45, 7) is 0.295. The number of likely N-dealkylation sites (N-methyl/N-ethyl adjacent to an activating group) is 1. The fraction of sp³-hybridized carbons (Fsp3) is 0.261. The predicted molar refractivity (Wildman–Crippen MR) is 117 cm³/mol. The lowest BCUT2D eigenvalue weighted by molar-refractivity contribution is -0.148. The number of methoxy groups -OCH3 is 1. The van der Waals surface area contributed by atoms with E-state index in [2.05, 4.69) is 5.32 Å². The number of hydrogen-bond donors (Lipinski definition) is 1. The van der Waals surface area contributed by atoms with Crippen molar-refractivity contribution in [3.8, 4) is 17.2 Å². The maximum absolute atomic E-state index is 12.2. The monoisotopic (exact) mass is 440 g/mol. The number of carbonyl (C=O) groups excluding carboxylic acids is 3. The van der Waals surface area contributed by atoms with Crippen molar-refractivity contribution in [1.29, 1.82) is 0 Å². The number of fused-ring (bicyclic) bond motifs is 1. The van der Waals surface area contributed by atoms with Gasteiger partial charge in [-0.1, -0.05) is 12.1 Å². The molecule has 0 unspecified atom stereocenters. The molecule has 0 aromatic heterocycles. The Bertz CT molecular complexity index is 1020. The van der Waals surface area contributed by atoms with E-state index in [1.807, 2.05) is 0 Å². The standard InChI is InChI=1S/C23H24N2O7/c1-25(14-21(26)24-17-4-3-5-18(13-17)29-2)22(27)15-32-23(28)9-7-16-6-8-19-20(12-16)31-11-10-30-19/h3-9,12-13H,10-11,14-15H2,1-2H3,(H,24,26)/b9-7+. The molecule has 2 aromatic carbocycles. The van der Waals surface area contributed by atoms with Gasteiger partial charge in [0, 0.05) is 24.9 Å². The Morgan fingerprint density at radius 1 is 1.09 bits per heavy atom. The molecule has 9 nitrogen and oxygen atoms in total. The smallest absolute Gasteiger partial charge is 0.331 e. The second-order valence-electron chi connectivity index (χ2n) is 6.87. The highest BCUT2D eigenvalue weighted by Gasteiger charge is 2.15. The van der Waals surface area contributed by atoms with Crippen molar-refractivity contribution in [1.82, 2.24) is 4.90 Å². The summed E-state index contributed by atoms with van der Waals surface area (Å²) in [6.07, 6.45) is 2.77. The van der Waals surface area contributed by atoms with Gasteiger partial charge in [0.1, 0.15) is 19.0 Å². The second kappa shape index (κ2) is 10.9. The Labute approximate surface area is 185 Å². The molecule has 168 valence electrons. The topological polar surface area (TPSA) is 103 Å². The van der Waals surface area contributed by atoms with Gasteiger partial charge in [0.15, 0.2) is 18.1 Å². The molecule has 2 amide bonds. The van der Waals surface area contributed by atoms with Gasteiger partial charge >= 0.3 is 5.97 Å². The number of nitrogens with zero attached hydrogens (tertiary/aromatic N) is 1. The SMILES string of the molecule is COc1cccc(NC(=O)CN(C)C(=O)COC(=O)/C=C/c2ccc3c(c2)OCCO3)c1. The van der Waals surface area contributed by atoms with Gasteiger partial charge in [-0.2, -0.15) is 0 Å². The van der Waals surface area contributed by atoms with Crippen LogP contribution in [0.25, 0.3) is 6.08 Å². The van der Waals surface area contributed by atoms with Gasteiger partial charge in [-0.15, -0.1) is 0 Å². The van der Waals surface area contributed by atoms with Gasteiger partial charge in [0.05, 0.1) is 13.7 Å². The van der Waals surface area contributed by atoms with Crippen molar-refractivity contribution in [2.45, 2.75) is 0 Å². The molecule has 1 aliphatic heterocycles. The fourth-order valence-electron chi connectivity index (χ4n) is 2.82. The molecule has 1 N–H and O–H groups in total. The minimum atomic E-state index is -0.678. The minimum Gasteiger partial charge on any atom is -0.497 e. The van der Waals surface area contributed by atoms with E-state index in [1.165, 1.54) is 25.1 Å². The third-order valence-corrected chi connectivity index (χ3v) is 4.48. The summed E-state index contributed by atoms with van der Waals surface area (Å²) in [5.41, 5.74) is 1.27. The van der Waals surface area contributed by atoms with E-state index in [-0.39, 0.29) is 12.5 Å². The van der Waals surface area contributed by atoms with Gasteiger partial charge in [-0.25, -0.2) is 4.79 Å². The maximum atomic E-state index is 12.2. The molecule has 1 aliphatic rings. The highest BCUT2D eigenvalue weighted by atomic mass is 16.6. The Morgan fingerprint density at radius 2 is 1.88 bits per heavy atom. The zero-order valence-corrected chi connectivity index (χ0v) is 17.8. The molecule has 0 saturated heterocycles. The second-order valence-corrected chi connectivity index (χ2v) is 6.87. The van der Waals surface area contributed by atoms with E-state index in [0.29, 0.717) is 36.1 Å². The molecular formula is C23H24N2O7. The Balaban J connectivity index is 1.43. The first-order valence-electron chi connectivity index (χ1n) is 9.87. The molecule has 3 rings (SSSR count). The van der Waals surface area contributed by atoms with E-state index >= 15 is 0 Å². The third kappa shape index (κ3) is 6.49. The molecule has 0 saturated carbocycles. The maximum Gasteiger partial charge on any atom is 0.331 e. The Morgan fingerprint density at radius 3 is 2.66 bits per heavy atom. The van der Waals surface area contributed by atoms with Crippen molar-refractivity contribution < 1.29 is 33.3 Å². The number of carbonyl (C=O) groups is 3. The highest BCUT2D eigenvalue weighted by molar-refractivity contribution is 5.95. The van der Waals surface area contributed by atoms with E-state index < -0.39 is 18.5 Å². The highest BCUT2D eigenvalue weighted by Crippen LogP contribution is 2.31. The van der Waals surface area contributed by atoms with Gasteiger partial charge in [0.2, 0.25) is 5.91 Å². The quantitative estimate of drug-likeness (QED) is 0.495. The summed E-state index contributed by atoms with van der Waals surface area (Å²) in [6, 6.07) is 12.1. The predicted octanol–water partition coefficient (Wildman–Crippen LogP) is 2.12. The van der Waals surface area contributed by atoms with Gasteiger partial charge in [-0.3, -0.25) is 9.59 Å². The van der Waals surface area contributed by atoms with Crippen LogP contribution < -0.4 is 19.5 Å². The number of amides is 2. The van der Waals surface area contributed by atoms with Crippen molar-refractivity contribution in [2.75, 3.05) is 45.8 Å². The molecule has 0 radical (unpaired) electrons. The normalized spacial score (nSPS) is 12.2. The molecule has 0 atom stereocenters. The molecule has 0 fully saturated rings. The molecule has 9 heteroatoms. The molecule has 2 aromatic rings. The Kier molecular flexibility index (Phi) is 7.69. The largest absolute Gasteiger partial charge is 0.497 e. The van der Waals surface area contributed by atoms with Gasteiger partial charge in [0.25, 0.3) is 5.91 Å². The van der Waals surface area contributed by atoms with Crippen LogP contribution in [0.1, 0.15) is 5.56 Å². The van der Waals surface area contributed by atoms with E-state index in [9.17, 15) is 14.4 Å². The van der Waals surface area contributed by atoms with E-state index in [0.717, 1.165) is 5.56 Å². The first kappa shape index (κ1) is 22.7. The number of hydrogen-bond acceptors (Lipinski definition) is 7. The summed E-state index contributed by atoms with van der Waals surface area (Å²) in [5, 5.41) is 2.68. The molecule has 0 bridgehead atoms. The molecule has 0 spiro atoms. The van der Waals surface area contributed by atoms with Crippen molar-refractivity contribution >= 4 is 29.5 Å². The van der Waals surface area contributed by atoms with E-state index in [4.69, 9.17) is 18.9 Å². The summed E-state index contributed by atoms with van der Waals surface area (Å²) >= 11 is 0.